The summed E-state index contributed by atoms with van der Waals surface area (Å²) in [6.07, 6.45) is 19.4. The van der Waals surface area contributed by atoms with Gasteiger partial charge in [0.15, 0.2) is 0 Å². The van der Waals surface area contributed by atoms with E-state index >= 15 is 0 Å². The molecule has 4 aliphatic rings. The normalized spacial score (nSPS) is 40.7. The number of ether oxygens (including phenoxy) is 1. The molecule has 5 unspecified atom stereocenters. The molecule has 0 heterocycles. The van der Waals surface area contributed by atoms with Crippen molar-refractivity contribution in [3.63, 3.8) is 0 Å². The first-order valence-electron chi connectivity index (χ1n) is 15.6. The Morgan fingerprint density at radius 2 is 1.61 bits per heavy atom. The van der Waals surface area contributed by atoms with Gasteiger partial charge in [0, 0.05) is 0 Å². The Kier molecular flexibility index (Phi) is 7.69. The summed E-state index contributed by atoms with van der Waals surface area (Å²) >= 11 is 0. The third-order valence-electron chi connectivity index (χ3n) is 12.2. The van der Waals surface area contributed by atoms with Crippen molar-refractivity contribution in [1.29, 1.82) is 0 Å². The maximum absolute atomic E-state index is 6.52. The Bertz CT molecular complexity index is 884. The zero-order valence-corrected chi connectivity index (χ0v) is 24.1. The van der Waals surface area contributed by atoms with Crippen molar-refractivity contribution in [3.05, 3.63) is 36.4 Å². The molecule has 4 saturated carbocycles. The fourth-order valence-corrected chi connectivity index (χ4v) is 10.2. The van der Waals surface area contributed by atoms with Gasteiger partial charge in [-0.2, -0.15) is 0 Å². The summed E-state index contributed by atoms with van der Waals surface area (Å²) in [4.78, 5) is 0. The predicted molar refractivity (Wildman–Crippen MR) is 154 cm³/mol. The minimum atomic E-state index is 0.394. The van der Waals surface area contributed by atoms with Crippen LogP contribution in [0.25, 0.3) is 6.08 Å². The molecule has 0 bridgehead atoms. The van der Waals surface area contributed by atoms with Crippen molar-refractivity contribution in [2.24, 2.45) is 52.3 Å². The summed E-state index contributed by atoms with van der Waals surface area (Å²) in [5, 5.41) is 0. The molecule has 0 N–H and O–H groups in total. The summed E-state index contributed by atoms with van der Waals surface area (Å²) in [5.41, 5.74) is 2.32. The van der Waals surface area contributed by atoms with Crippen LogP contribution in [-0.2, 0) is 0 Å². The molecule has 4 fully saturated rings. The van der Waals surface area contributed by atoms with E-state index in [4.69, 9.17) is 4.74 Å². The molecule has 1 heteroatoms. The zero-order valence-electron chi connectivity index (χ0n) is 24.1. The van der Waals surface area contributed by atoms with Crippen LogP contribution in [0.1, 0.15) is 117 Å². The molecule has 4 aliphatic carbocycles. The van der Waals surface area contributed by atoms with Crippen molar-refractivity contribution >= 4 is 6.08 Å². The van der Waals surface area contributed by atoms with E-state index < -0.39 is 0 Å². The molecule has 9 atom stereocenters. The van der Waals surface area contributed by atoms with Crippen LogP contribution in [0.4, 0.5) is 0 Å². The summed E-state index contributed by atoms with van der Waals surface area (Å²) in [7, 11) is 0. The highest BCUT2D eigenvalue weighted by Crippen LogP contribution is 2.68. The second kappa shape index (κ2) is 10.5. The molecule has 0 aliphatic heterocycles. The lowest BCUT2D eigenvalue weighted by Gasteiger charge is -2.61. The Labute approximate surface area is 222 Å². The Morgan fingerprint density at radius 1 is 0.889 bits per heavy atom. The average molecular weight is 491 g/mol. The van der Waals surface area contributed by atoms with Crippen LogP contribution in [0, 0.1) is 52.3 Å². The SMILES string of the molecule is C=Cc1ccc(OC2CC[C@@]3(C)C(CCC4C3CC[C@@]3(C)C4CC[C@@H]3[C@H](C)CCCC(C)C)C2)cc1. The molecule has 200 valence electrons. The minimum absolute atomic E-state index is 0.394. The number of fused-ring (bicyclic) bond motifs is 5. The molecule has 5 rings (SSSR count). The van der Waals surface area contributed by atoms with Gasteiger partial charge in [0.05, 0.1) is 6.10 Å². The van der Waals surface area contributed by atoms with Gasteiger partial charge < -0.3 is 4.74 Å². The summed E-state index contributed by atoms with van der Waals surface area (Å²) in [6, 6.07) is 8.51. The maximum Gasteiger partial charge on any atom is 0.119 e. The van der Waals surface area contributed by atoms with Crippen molar-refractivity contribution in [3.8, 4) is 5.75 Å². The van der Waals surface area contributed by atoms with Crippen molar-refractivity contribution in [2.45, 2.75) is 118 Å². The first-order chi connectivity index (χ1) is 17.2. The lowest BCUT2D eigenvalue weighted by molar-refractivity contribution is -0.126. The molecule has 0 amide bonds. The highest BCUT2D eigenvalue weighted by molar-refractivity contribution is 5.48. The van der Waals surface area contributed by atoms with Crippen molar-refractivity contribution < 1.29 is 4.74 Å². The molecule has 36 heavy (non-hydrogen) atoms. The molecule has 0 saturated heterocycles. The summed E-state index contributed by atoms with van der Waals surface area (Å²) < 4.78 is 6.52. The number of benzene rings is 1. The molecule has 0 radical (unpaired) electrons. The Hall–Kier alpha value is -1.24. The Morgan fingerprint density at radius 3 is 2.33 bits per heavy atom. The molecule has 1 aromatic carbocycles. The van der Waals surface area contributed by atoms with Gasteiger partial charge in [-0.3, -0.25) is 0 Å². The van der Waals surface area contributed by atoms with E-state index in [1.165, 1.54) is 82.6 Å². The second-order valence-electron chi connectivity index (χ2n) is 14.5. The van der Waals surface area contributed by atoms with Crippen molar-refractivity contribution in [2.75, 3.05) is 0 Å². The monoisotopic (exact) mass is 490 g/mol. The zero-order chi connectivity index (χ0) is 25.5. The van der Waals surface area contributed by atoms with Crippen molar-refractivity contribution in [1.82, 2.24) is 0 Å². The van der Waals surface area contributed by atoms with E-state index in [9.17, 15) is 0 Å². The van der Waals surface area contributed by atoms with Crippen LogP contribution < -0.4 is 4.74 Å². The van der Waals surface area contributed by atoms with Gasteiger partial charge >= 0.3 is 0 Å². The van der Waals surface area contributed by atoms with E-state index in [0.717, 1.165) is 47.2 Å². The van der Waals surface area contributed by atoms with E-state index in [0.29, 0.717) is 16.9 Å². The van der Waals surface area contributed by atoms with Crippen LogP contribution in [0.2, 0.25) is 0 Å². The summed E-state index contributed by atoms with van der Waals surface area (Å²) in [6.45, 7) is 16.7. The van der Waals surface area contributed by atoms with E-state index in [-0.39, 0.29) is 0 Å². The van der Waals surface area contributed by atoms with Crippen LogP contribution in [0.3, 0.4) is 0 Å². The minimum Gasteiger partial charge on any atom is -0.490 e. The van der Waals surface area contributed by atoms with Gasteiger partial charge in [0.25, 0.3) is 0 Å². The largest absolute Gasteiger partial charge is 0.490 e. The lowest BCUT2D eigenvalue weighted by Crippen LogP contribution is -2.54. The first kappa shape index (κ1) is 26.4. The van der Waals surface area contributed by atoms with Crippen LogP contribution in [-0.4, -0.2) is 6.10 Å². The van der Waals surface area contributed by atoms with Crippen LogP contribution in [0.5, 0.6) is 5.75 Å². The average Bonchev–Trinajstić information content (AvgIpc) is 3.22. The molecule has 0 aromatic heterocycles. The molecule has 1 nitrogen and oxygen atoms in total. The van der Waals surface area contributed by atoms with Gasteiger partial charge in [0.2, 0.25) is 0 Å². The topological polar surface area (TPSA) is 9.23 Å². The first-order valence-corrected chi connectivity index (χ1v) is 15.6. The lowest BCUT2D eigenvalue weighted by atomic mass is 9.44. The number of hydrogen-bond acceptors (Lipinski definition) is 1. The second-order valence-corrected chi connectivity index (χ2v) is 14.5. The van der Waals surface area contributed by atoms with E-state index in [1.807, 2.05) is 6.08 Å². The predicted octanol–water partition coefficient (Wildman–Crippen LogP) is 10.2. The fourth-order valence-electron chi connectivity index (χ4n) is 10.2. The van der Waals surface area contributed by atoms with Crippen LogP contribution in [0.15, 0.2) is 30.8 Å². The van der Waals surface area contributed by atoms with Gasteiger partial charge in [-0.15, -0.1) is 0 Å². The third kappa shape index (κ3) is 4.82. The van der Waals surface area contributed by atoms with E-state index in [1.54, 1.807) is 0 Å². The summed E-state index contributed by atoms with van der Waals surface area (Å²) in [5.74, 6) is 7.56. The van der Waals surface area contributed by atoms with Gasteiger partial charge in [0.1, 0.15) is 5.75 Å². The highest BCUT2D eigenvalue weighted by atomic mass is 16.5. The standard InChI is InChI=1S/C35H54O/c1-7-26-11-14-28(15-12-26)36-29-19-21-34(5)27(23-29)13-16-30-32-18-17-31(25(4)10-8-9-24(2)3)35(32,6)22-20-33(30)34/h7,11-12,14-15,24-25,27,29-33H,1,8-10,13,16-23H2,2-6H3/t25-,27?,29?,30?,31-,32?,33?,34+,35-/m1/s1. The van der Waals surface area contributed by atoms with Gasteiger partial charge in [-0.1, -0.05) is 78.7 Å². The fraction of sp³-hybridized carbons (Fsp3) is 0.771. The number of hydrogen-bond donors (Lipinski definition) is 0. The third-order valence-corrected chi connectivity index (χ3v) is 12.2. The molecule has 0 spiro atoms. The van der Waals surface area contributed by atoms with Crippen LogP contribution >= 0.6 is 0 Å². The number of rotatable bonds is 8. The van der Waals surface area contributed by atoms with Gasteiger partial charge in [-0.05, 0) is 128 Å². The Balaban J connectivity index is 1.22. The maximum atomic E-state index is 6.52. The molecule has 1 aromatic rings. The van der Waals surface area contributed by atoms with Gasteiger partial charge in [-0.25, -0.2) is 0 Å². The van der Waals surface area contributed by atoms with E-state index in [2.05, 4.69) is 65.5 Å². The highest BCUT2D eigenvalue weighted by Gasteiger charge is 2.60. The smallest absolute Gasteiger partial charge is 0.119 e. The quantitative estimate of drug-likeness (QED) is 0.352. The molecular formula is C35H54O. The molecular weight excluding hydrogens is 436 g/mol.